The Kier molecular flexibility index (Phi) is 5.33. The van der Waals surface area contributed by atoms with Crippen LogP contribution in [-0.2, 0) is 13.2 Å². The van der Waals surface area contributed by atoms with Crippen molar-refractivity contribution in [2.75, 3.05) is 10.6 Å². The Hall–Kier alpha value is -2.79. The van der Waals surface area contributed by atoms with Crippen molar-refractivity contribution in [3.8, 4) is 0 Å². The number of anilines is 2. The number of nitrogens with two attached hydrogens (primary N) is 1. The van der Waals surface area contributed by atoms with E-state index in [1.807, 2.05) is 12.1 Å². The number of hydrogen-bond donors (Lipinski definition) is 4. The normalized spacial score (nSPS) is 21.0. The highest BCUT2D eigenvalue weighted by atomic mass is 19.4. The molecule has 162 valence electrons. The predicted molar refractivity (Wildman–Crippen MR) is 106 cm³/mol. The van der Waals surface area contributed by atoms with Gasteiger partial charge >= 0.3 is 6.18 Å². The molecule has 3 aromatic heterocycles. The first-order valence-electron chi connectivity index (χ1n) is 9.78. The van der Waals surface area contributed by atoms with Gasteiger partial charge in [-0.3, -0.25) is 4.68 Å². The van der Waals surface area contributed by atoms with E-state index in [4.69, 9.17) is 5.73 Å². The summed E-state index contributed by atoms with van der Waals surface area (Å²) >= 11 is 0. The van der Waals surface area contributed by atoms with E-state index in [1.165, 1.54) is 17.8 Å². The molecule has 0 aromatic carbocycles. The molecule has 3 heterocycles. The van der Waals surface area contributed by atoms with E-state index < -0.39 is 18.1 Å². The molecule has 0 amide bonds. The SMILES string of the molecule is Cn1cc(NC(O)c2ccc3ccc(N[C@@H]4CCCC[C@@H]4N)nn23)c(C(F)(F)F)n1. The van der Waals surface area contributed by atoms with Crippen LogP contribution in [0.25, 0.3) is 5.52 Å². The number of aliphatic hydroxyl groups excluding tert-OH is 1. The zero-order chi connectivity index (χ0) is 21.5. The molecule has 0 aliphatic heterocycles. The Morgan fingerprint density at radius 3 is 2.63 bits per heavy atom. The lowest BCUT2D eigenvalue weighted by atomic mass is 9.91. The van der Waals surface area contributed by atoms with E-state index in [0.717, 1.165) is 30.4 Å². The van der Waals surface area contributed by atoms with Crippen LogP contribution in [0.2, 0.25) is 0 Å². The fourth-order valence-corrected chi connectivity index (χ4v) is 3.85. The predicted octanol–water partition coefficient (Wildman–Crippen LogP) is 2.87. The highest BCUT2D eigenvalue weighted by Crippen LogP contribution is 2.34. The van der Waals surface area contributed by atoms with E-state index in [9.17, 15) is 18.3 Å². The third-order valence-electron chi connectivity index (χ3n) is 5.36. The molecular weight excluding hydrogens is 399 g/mol. The quantitative estimate of drug-likeness (QED) is 0.471. The maximum absolute atomic E-state index is 13.2. The van der Waals surface area contributed by atoms with E-state index in [-0.39, 0.29) is 17.8 Å². The summed E-state index contributed by atoms with van der Waals surface area (Å²) in [6.45, 7) is 0. The fourth-order valence-electron chi connectivity index (χ4n) is 3.85. The maximum atomic E-state index is 13.2. The lowest BCUT2D eigenvalue weighted by Crippen LogP contribution is -2.42. The Morgan fingerprint density at radius 1 is 1.17 bits per heavy atom. The molecule has 30 heavy (non-hydrogen) atoms. The van der Waals surface area contributed by atoms with Gasteiger partial charge in [0.2, 0.25) is 0 Å². The Morgan fingerprint density at radius 2 is 1.90 bits per heavy atom. The largest absolute Gasteiger partial charge is 0.437 e. The van der Waals surface area contributed by atoms with Gasteiger partial charge in [0.05, 0.1) is 16.9 Å². The van der Waals surface area contributed by atoms with Crippen molar-refractivity contribution in [1.29, 1.82) is 0 Å². The molecule has 0 spiro atoms. The zero-order valence-corrected chi connectivity index (χ0v) is 16.4. The summed E-state index contributed by atoms with van der Waals surface area (Å²) in [4.78, 5) is 0. The second-order valence-corrected chi connectivity index (χ2v) is 7.62. The van der Waals surface area contributed by atoms with E-state index in [0.29, 0.717) is 17.0 Å². The lowest BCUT2D eigenvalue weighted by molar-refractivity contribution is -0.140. The van der Waals surface area contributed by atoms with Crippen LogP contribution in [0.4, 0.5) is 24.7 Å². The van der Waals surface area contributed by atoms with E-state index in [2.05, 4.69) is 20.8 Å². The van der Waals surface area contributed by atoms with Crippen LogP contribution in [0.1, 0.15) is 43.3 Å². The molecule has 0 radical (unpaired) electrons. The average molecular weight is 423 g/mol. The second kappa shape index (κ2) is 7.80. The van der Waals surface area contributed by atoms with Gasteiger partial charge in [-0.25, -0.2) is 4.52 Å². The van der Waals surface area contributed by atoms with Crippen molar-refractivity contribution < 1.29 is 18.3 Å². The summed E-state index contributed by atoms with van der Waals surface area (Å²) in [5, 5.41) is 24.4. The average Bonchev–Trinajstić information content (AvgIpc) is 3.26. The molecule has 11 heteroatoms. The van der Waals surface area contributed by atoms with Crippen molar-refractivity contribution in [2.24, 2.45) is 12.8 Å². The van der Waals surface area contributed by atoms with Crippen molar-refractivity contribution in [2.45, 2.75) is 50.2 Å². The second-order valence-electron chi connectivity index (χ2n) is 7.62. The molecule has 3 atom stereocenters. The van der Waals surface area contributed by atoms with Gasteiger partial charge in [0.15, 0.2) is 11.9 Å². The Labute approximate surface area is 170 Å². The first-order chi connectivity index (χ1) is 14.2. The van der Waals surface area contributed by atoms with Gasteiger partial charge in [-0.05, 0) is 37.1 Å². The maximum Gasteiger partial charge on any atom is 0.437 e. The summed E-state index contributed by atoms with van der Waals surface area (Å²) in [6, 6.07) is 7.14. The van der Waals surface area contributed by atoms with Crippen molar-refractivity contribution >= 4 is 17.0 Å². The van der Waals surface area contributed by atoms with Gasteiger partial charge in [-0.2, -0.15) is 23.4 Å². The van der Waals surface area contributed by atoms with Gasteiger partial charge in [0.25, 0.3) is 0 Å². The molecule has 0 bridgehead atoms. The van der Waals surface area contributed by atoms with Crippen LogP contribution in [0.15, 0.2) is 30.5 Å². The van der Waals surface area contributed by atoms with Crippen LogP contribution in [0.5, 0.6) is 0 Å². The molecule has 1 fully saturated rings. The Balaban J connectivity index is 1.58. The summed E-state index contributed by atoms with van der Waals surface area (Å²) in [5.41, 5.74) is 5.79. The van der Waals surface area contributed by atoms with Crippen LogP contribution < -0.4 is 16.4 Å². The molecule has 1 saturated carbocycles. The van der Waals surface area contributed by atoms with Crippen LogP contribution in [0, 0.1) is 0 Å². The van der Waals surface area contributed by atoms with Gasteiger partial charge in [-0.1, -0.05) is 12.8 Å². The summed E-state index contributed by atoms with van der Waals surface area (Å²) in [7, 11) is 1.38. The van der Waals surface area contributed by atoms with Crippen molar-refractivity contribution in [1.82, 2.24) is 19.4 Å². The summed E-state index contributed by atoms with van der Waals surface area (Å²) < 4.78 is 42.1. The van der Waals surface area contributed by atoms with E-state index in [1.54, 1.807) is 12.1 Å². The number of aryl methyl sites for hydroxylation is 1. The molecule has 1 unspecified atom stereocenters. The molecular formula is C19H24F3N7O. The summed E-state index contributed by atoms with van der Waals surface area (Å²) in [5.74, 6) is 0.590. The first-order valence-corrected chi connectivity index (χ1v) is 9.78. The number of aromatic nitrogens is 4. The third-order valence-corrected chi connectivity index (χ3v) is 5.36. The van der Waals surface area contributed by atoms with Gasteiger partial charge in [0, 0.05) is 25.3 Å². The minimum absolute atomic E-state index is 0.0407. The first kappa shape index (κ1) is 20.5. The number of fused-ring (bicyclic) bond motifs is 1. The molecule has 3 aromatic rings. The molecule has 5 N–H and O–H groups in total. The molecule has 1 aliphatic carbocycles. The van der Waals surface area contributed by atoms with Crippen molar-refractivity contribution in [3.63, 3.8) is 0 Å². The van der Waals surface area contributed by atoms with Crippen LogP contribution in [-0.4, -0.2) is 36.6 Å². The lowest BCUT2D eigenvalue weighted by Gasteiger charge is -2.29. The molecule has 4 rings (SSSR count). The minimum atomic E-state index is -4.64. The number of hydrogen-bond acceptors (Lipinski definition) is 6. The topological polar surface area (TPSA) is 105 Å². The van der Waals surface area contributed by atoms with Gasteiger partial charge in [0.1, 0.15) is 5.82 Å². The van der Waals surface area contributed by atoms with E-state index >= 15 is 0 Å². The van der Waals surface area contributed by atoms with Gasteiger partial charge < -0.3 is 21.5 Å². The number of nitrogens with zero attached hydrogens (tertiary/aromatic N) is 4. The summed E-state index contributed by atoms with van der Waals surface area (Å²) in [6.07, 6.45) is -0.783. The van der Waals surface area contributed by atoms with Crippen molar-refractivity contribution in [3.05, 3.63) is 41.9 Å². The highest BCUT2D eigenvalue weighted by Gasteiger charge is 2.37. The Bertz CT molecular complexity index is 1030. The smallest absolute Gasteiger partial charge is 0.368 e. The molecule has 1 aliphatic rings. The molecule has 8 nitrogen and oxygen atoms in total. The number of halogens is 3. The zero-order valence-electron chi connectivity index (χ0n) is 16.4. The third kappa shape index (κ3) is 4.08. The fraction of sp³-hybridized carbons (Fsp3) is 0.474. The minimum Gasteiger partial charge on any atom is -0.368 e. The standard InChI is InChI=1S/C19H24F3N7O/c1-28-10-14(17(27-28)19(20,21)22)25-18(30)15-8-6-11-7-9-16(26-29(11)15)24-13-5-3-2-4-12(13)23/h6-10,12-13,18,25,30H,2-5,23H2,1H3,(H,24,26)/t12-,13+,18?/m0/s1. The van der Waals surface area contributed by atoms with Gasteiger partial charge in [-0.15, -0.1) is 0 Å². The number of nitrogens with one attached hydrogen (secondary N) is 2. The number of rotatable bonds is 5. The highest BCUT2D eigenvalue weighted by molar-refractivity contribution is 5.54. The monoisotopic (exact) mass is 423 g/mol. The van der Waals surface area contributed by atoms with Crippen LogP contribution >= 0.6 is 0 Å². The van der Waals surface area contributed by atoms with Crippen LogP contribution in [0.3, 0.4) is 0 Å². The number of aliphatic hydroxyl groups is 1. The number of alkyl halides is 3. The molecule has 0 saturated heterocycles.